The van der Waals surface area contributed by atoms with Gasteiger partial charge in [0, 0.05) is 11.7 Å². The summed E-state index contributed by atoms with van der Waals surface area (Å²) in [6.45, 7) is 4.45. The van der Waals surface area contributed by atoms with E-state index in [0.29, 0.717) is 10.7 Å². The highest BCUT2D eigenvalue weighted by molar-refractivity contribution is 7.71. The Labute approximate surface area is 111 Å². The Hall–Kier alpha value is -1.49. The van der Waals surface area contributed by atoms with Crippen LogP contribution in [0.3, 0.4) is 0 Å². The SMILES string of the molecule is CC(C)(C1CC1)n1c(-c2ccccn2)n[nH]c1=S. The highest BCUT2D eigenvalue weighted by Gasteiger charge is 2.41. The molecular formula is C13H16N4S. The van der Waals surface area contributed by atoms with Gasteiger partial charge in [0.15, 0.2) is 10.6 Å². The Kier molecular flexibility index (Phi) is 2.59. The fraction of sp³-hybridized carbons (Fsp3) is 0.462. The summed E-state index contributed by atoms with van der Waals surface area (Å²) in [6, 6.07) is 5.83. The molecule has 2 aromatic heterocycles. The zero-order valence-electron chi connectivity index (χ0n) is 10.6. The van der Waals surface area contributed by atoms with Crippen molar-refractivity contribution in [2.45, 2.75) is 32.2 Å². The molecule has 0 aliphatic heterocycles. The van der Waals surface area contributed by atoms with Crippen molar-refractivity contribution in [2.24, 2.45) is 5.92 Å². The van der Waals surface area contributed by atoms with E-state index < -0.39 is 0 Å². The van der Waals surface area contributed by atoms with Crippen LogP contribution in [0, 0.1) is 10.7 Å². The molecule has 1 N–H and O–H groups in total. The Morgan fingerprint density at radius 2 is 2.17 bits per heavy atom. The Balaban J connectivity index is 2.15. The summed E-state index contributed by atoms with van der Waals surface area (Å²) in [5.41, 5.74) is 0.857. The van der Waals surface area contributed by atoms with Gasteiger partial charge < -0.3 is 0 Å². The molecule has 1 fully saturated rings. The standard InChI is InChI=1S/C13H16N4S/c1-13(2,9-6-7-9)17-11(15-16-12(17)18)10-5-3-4-8-14-10/h3-5,8-9H,6-7H2,1-2H3,(H,16,18). The Morgan fingerprint density at radius 1 is 1.39 bits per heavy atom. The molecular weight excluding hydrogens is 244 g/mol. The van der Waals surface area contributed by atoms with E-state index in [1.807, 2.05) is 18.2 Å². The smallest absolute Gasteiger partial charge is 0.196 e. The second-order valence-corrected chi connectivity index (χ2v) is 5.72. The minimum absolute atomic E-state index is 0.00304. The molecule has 1 aliphatic carbocycles. The van der Waals surface area contributed by atoms with Gasteiger partial charge in [0.2, 0.25) is 0 Å². The first-order valence-electron chi connectivity index (χ1n) is 6.20. The first kappa shape index (κ1) is 11.6. The average molecular weight is 260 g/mol. The molecule has 0 bridgehead atoms. The predicted octanol–water partition coefficient (Wildman–Crippen LogP) is 3.15. The minimum Gasteiger partial charge on any atom is -0.293 e. The van der Waals surface area contributed by atoms with E-state index in [1.165, 1.54) is 12.8 Å². The van der Waals surface area contributed by atoms with E-state index in [4.69, 9.17) is 12.2 Å². The zero-order chi connectivity index (χ0) is 12.8. The molecule has 2 aromatic rings. The van der Waals surface area contributed by atoms with Crippen molar-refractivity contribution < 1.29 is 0 Å². The fourth-order valence-electron chi connectivity index (χ4n) is 2.47. The number of pyridine rings is 1. The third-order valence-electron chi connectivity index (χ3n) is 3.72. The molecule has 2 heterocycles. The predicted molar refractivity (Wildman–Crippen MR) is 72.7 cm³/mol. The van der Waals surface area contributed by atoms with Crippen LogP contribution in [0.2, 0.25) is 0 Å². The van der Waals surface area contributed by atoms with Gasteiger partial charge >= 0.3 is 0 Å². The maximum atomic E-state index is 5.39. The number of aromatic nitrogens is 4. The summed E-state index contributed by atoms with van der Waals surface area (Å²) >= 11 is 5.39. The molecule has 0 atom stereocenters. The van der Waals surface area contributed by atoms with Gasteiger partial charge in [0.25, 0.3) is 0 Å². The molecule has 94 valence electrons. The van der Waals surface area contributed by atoms with Crippen LogP contribution in [-0.2, 0) is 5.54 Å². The highest BCUT2D eigenvalue weighted by Crippen LogP contribution is 2.45. The van der Waals surface area contributed by atoms with E-state index in [1.54, 1.807) is 6.20 Å². The van der Waals surface area contributed by atoms with Gasteiger partial charge in [-0.2, -0.15) is 5.10 Å². The summed E-state index contributed by atoms with van der Waals surface area (Å²) in [7, 11) is 0. The van der Waals surface area contributed by atoms with Crippen molar-refractivity contribution >= 4 is 12.2 Å². The molecule has 0 saturated heterocycles. The number of H-pyrrole nitrogens is 1. The van der Waals surface area contributed by atoms with Crippen LogP contribution in [0.5, 0.6) is 0 Å². The monoisotopic (exact) mass is 260 g/mol. The fourth-order valence-corrected chi connectivity index (χ4v) is 2.84. The summed E-state index contributed by atoms with van der Waals surface area (Å²) in [5.74, 6) is 1.52. The number of hydrogen-bond donors (Lipinski definition) is 1. The maximum Gasteiger partial charge on any atom is 0.196 e. The van der Waals surface area contributed by atoms with E-state index >= 15 is 0 Å². The van der Waals surface area contributed by atoms with Crippen molar-refractivity contribution in [3.05, 3.63) is 29.2 Å². The zero-order valence-corrected chi connectivity index (χ0v) is 11.4. The summed E-state index contributed by atoms with van der Waals surface area (Å²) in [5, 5.41) is 7.25. The van der Waals surface area contributed by atoms with E-state index in [-0.39, 0.29) is 5.54 Å². The van der Waals surface area contributed by atoms with Gasteiger partial charge in [-0.3, -0.25) is 14.6 Å². The maximum absolute atomic E-state index is 5.39. The molecule has 4 nitrogen and oxygen atoms in total. The van der Waals surface area contributed by atoms with Crippen LogP contribution in [0.15, 0.2) is 24.4 Å². The molecule has 1 saturated carbocycles. The lowest BCUT2D eigenvalue weighted by Crippen LogP contribution is -2.29. The largest absolute Gasteiger partial charge is 0.293 e. The van der Waals surface area contributed by atoms with Crippen molar-refractivity contribution in [1.82, 2.24) is 19.7 Å². The number of rotatable bonds is 3. The van der Waals surface area contributed by atoms with Crippen molar-refractivity contribution in [2.75, 3.05) is 0 Å². The quantitative estimate of drug-likeness (QED) is 0.862. The highest BCUT2D eigenvalue weighted by atomic mass is 32.1. The van der Waals surface area contributed by atoms with Crippen molar-refractivity contribution in [1.29, 1.82) is 0 Å². The third kappa shape index (κ3) is 1.79. The molecule has 0 spiro atoms. The number of aromatic amines is 1. The number of nitrogens with one attached hydrogen (secondary N) is 1. The van der Waals surface area contributed by atoms with Gasteiger partial charge in [0.1, 0.15) is 5.69 Å². The third-order valence-corrected chi connectivity index (χ3v) is 3.99. The van der Waals surface area contributed by atoms with Gasteiger partial charge in [-0.25, -0.2) is 0 Å². The number of hydrogen-bond acceptors (Lipinski definition) is 3. The second-order valence-electron chi connectivity index (χ2n) is 5.33. The van der Waals surface area contributed by atoms with Crippen LogP contribution in [-0.4, -0.2) is 19.7 Å². The lowest BCUT2D eigenvalue weighted by atomic mass is 9.98. The van der Waals surface area contributed by atoms with E-state index in [0.717, 1.165) is 11.5 Å². The molecule has 5 heteroatoms. The minimum atomic E-state index is -0.00304. The lowest BCUT2D eigenvalue weighted by Gasteiger charge is -2.27. The van der Waals surface area contributed by atoms with Crippen LogP contribution < -0.4 is 0 Å². The van der Waals surface area contributed by atoms with Crippen LogP contribution in [0.4, 0.5) is 0 Å². The van der Waals surface area contributed by atoms with Crippen LogP contribution in [0.25, 0.3) is 11.5 Å². The summed E-state index contributed by atoms with van der Waals surface area (Å²) in [6.07, 6.45) is 4.31. The van der Waals surface area contributed by atoms with E-state index in [2.05, 4.69) is 33.6 Å². The molecule has 3 rings (SSSR count). The average Bonchev–Trinajstić information content (AvgIpc) is 3.14. The molecule has 0 amide bonds. The van der Waals surface area contributed by atoms with Gasteiger partial charge in [0.05, 0.1) is 0 Å². The molecule has 18 heavy (non-hydrogen) atoms. The van der Waals surface area contributed by atoms with E-state index in [9.17, 15) is 0 Å². The molecule has 0 unspecified atom stereocenters. The topological polar surface area (TPSA) is 46.5 Å². The molecule has 1 aliphatic rings. The van der Waals surface area contributed by atoms with Crippen LogP contribution >= 0.6 is 12.2 Å². The lowest BCUT2D eigenvalue weighted by molar-refractivity contribution is 0.303. The van der Waals surface area contributed by atoms with Crippen molar-refractivity contribution in [3.63, 3.8) is 0 Å². The Bertz CT molecular complexity index is 607. The molecule has 0 radical (unpaired) electrons. The van der Waals surface area contributed by atoms with Gasteiger partial charge in [-0.05, 0) is 57.0 Å². The summed E-state index contributed by atoms with van der Waals surface area (Å²) in [4.78, 5) is 4.37. The van der Waals surface area contributed by atoms with Crippen molar-refractivity contribution in [3.8, 4) is 11.5 Å². The van der Waals surface area contributed by atoms with Gasteiger partial charge in [-0.15, -0.1) is 0 Å². The number of nitrogens with zero attached hydrogens (tertiary/aromatic N) is 3. The molecule has 0 aromatic carbocycles. The first-order chi connectivity index (χ1) is 8.60. The van der Waals surface area contributed by atoms with Crippen LogP contribution in [0.1, 0.15) is 26.7 Å². The summed E-state index contributed by atoms with van der Waals surface area (Å²) < 4.78 is 2.79. The Morgan fingerprint density at radius 3 is 2.78 bits per heavy atom. The first-order valence-corrected chi connectivity index (χ1v) is 6.61. The van der Waals surface area contributed by atoms with Gasteiger partial charge in [-0.1, -0.05) is 6.07 Å². The normalized spacial score (nSPS) is 15.9. The second kappa shape index (κ2) is 4.02.